The summed E-state index contributed by atoms with van der Waals surface area (Å²) < 4.78 is 0. The van der Waals surface area contributed by atoms with Gasteiger partial charge in [0.2, 0.25) is 5.91 Å². The Bertz CT molecular complexity index is 900. The second kappa shape index (κ2) is 7.88. The van der Waals surface area contributed by atoms with E-state index >= 15 is 0 Å². The van der Waals surface area contributed by atoms with Gasteiger partial charge < -0.3 is 5.32 Å². The molecule has 122 valence electrons. The van der Waals surface area contributed by atoms with Crippen molar-refractivity contribution in [3.8, 4) is 0 Å². The van der Waals surface area contributed by atoms with Crippen molar-refractivity contribution in [2.24, 2.45) is 0 Å². The molecule has 0 spiro atoms. The molecule has 0 aliphatic carbocycles. The van der Waals surface area contributed by atoms with E-state index in [1.807, 2.05) is 48.5 Å². The van der Waals surface area contributed by atoms with Crippen molar-refractivity contribution in [1.29, 1.82) is 0 Å². The summed E-state index contributed by atoms with van der Waals surface area (Å²) in [6.07, 6.45) is 3.19. The Hall–Kier alpha value is -3.46. The van der Waals surface area contributed by atoms with E-state index in [9.17, 15) is 9.59 Å². The zero-order valence-corrected chi connectivity index (χ0v) is 13.6. The highest BCUT2D eigenvalue weighted by Gasteiger charge is 2.13. The molecule has 0 heterocycles. The Morgan fingerprint density at radius 3 is 2.04 bits per heavy atom. The van der Waals surface area contributed by atoms with Crippen molar-refractivity contribution >= 4 is 23.5 Å². The molecule has 0 aliphatic rings. The minimum atomic E-state index is -0.280. The maximum absolute atomic E-state index is 12.7. The molecule has 1 N–H and O–H groups in total. The van der Waals surface area contributed by atoms with E-state index in [1.165, 1.54) is 6.08 Å². The van der Waals surface area contributed by atoms with Gasteiger partial charge in [0.15, 0.2) is 5.78 Å². The molecule has 1 amide bonds. The third-order valence-electron chi connectivity index (χ3n) is 3.69. The molecular formula is C22H17NO2. The topological polar surface area (TPSA) is 46.2 Å². The molecule has 0 atom stereocenters. The largest absolute Gasteiger partial charge is 0.322 e. The van der Waals surface area contributed by atoms with Crippen LogP contribution in [0.5, 0.6) is 0 Å². The molecule has 3 heteroatoms. The first-order valence-corrected chi connectivity index (χ1v) is 7.97. The van der Waals surface area contributed by atoms with Crippen LogP contribution in [0, 0.1) is 0 Å². The molecular weight excluding hydrogens is 310 g/mol. The SMILES string of the molecule is O=C(/C=C/c1ccccc1)Nc1ccccc1C(=O)c1ccccc1. The van der Waals surface area contributed by atoms with Crippen molar-refractivity contribution in [1.82, 2.24) is 0 Å². The third kappa shape index (κ3) is 4.30. The van der Waals surface area contributed by atoms with Crippen LogP contribution < -0.4 is 5.32 Å². The molecule has 3 rings (SSSR count). The summed E-state index contributed by atoms with van der Waals surface area (Å²) in [6.45, 7) is 0. The average Bonchev–Trinajstić information content (AvgIpc) is 2.68. The van der Waals surface area contributed by atoms with Crippen molar-refractivity contribution in [2.45, 2.75) is 0 Å². The van der Waals surface area contributed by atoms with E-state index in [0.29, 0.717) is 16.8 Å². The van der Waals surface area contributed by atoms with Gasteiger partial charge in [0.25, 0.3) is 0 Å². The van der Waals surface area contributed by atoms with Crippen LogP contribution in [0.4, 0.5) is 5.69 Å². The molecule has 0 bridgehead atoms. The lowest BCUT2D eigenvalue weighted by atomic mass is 10.0. The fourth-order valence-corrected chi connectivity index (χ4v) is 2.45. The van der Waals surface area contributed by atoms with Gasteiger partial charge in [0.1, 0.15) is 0 Å². The fourth-order valence-electron chi connectivity index (χ4n) is 2.45. The lowest BCUT2D eigenvalue weighted by Crippen LogP contribution is -2.12. The van der Waals surface area contributed by atoms with E-state index < -0.39 is 0 Å². The number of hydrogen-bond donors (Lipinski definition) is 1. The maximum atomic E-state index is 12.7. The first-order chi connectivity index (χ1) is 12.2. The summed E-state index contributed by atoms with van der Waals surface area (Å²) >= 11 is 0. The van der Waals surface area contributed by atoms with E-state index in [2.05, 4.69) is 5.32 Å². The molecule has 0 unspecified atom stereocenters. The molecule has 0 aliphatic heterocycles. The summed E-state index contributed by atoms with van der Waals surface area (Å²) in [5, 5.41) is 2.78. The Morgan fingerprint density at radius 1 is 0.720 bits per heavy atom. The quantitative estimate of drug-likeness (QED) is 0.551. The van der Waals surface area contributed by atoms with Gasteiger partial charge in [0.05, 0.1) is 5.69 Å². The van der Waals surface area contributed by atoms with Crippen molar-refractivity contribution in [2.75, 3.05) is 5.32 Å². The molecule has 0 aromatic heterocycles. The molecule has 0 saturated heterocycles. The first kappa shape index (κ1) is 16.4. The highest BCUT2D eigenvalue weighted by Crippen LogP contribution is 2.19. The molecule has 0 radical (unpaired) electrons. The molecule has 3 aromatic rings. The third-order valence-corrected chi connectivity index (χ3v) is 3.69. The minimum absolute atomic E-state index is 0.122. The van der Waals surface area contributed by atoms with Gasteiger partial charge in [-0.2, -0.15) is 0 Å². The van der Waals surface area contributed by atoms with Crippen molar-refractivity contribution < 1.29 is 9.59 Å². The standard InChI is InChI=1S/C22H17NO2/c24-21(16-15-17-9-3-1-4-10-17)23-20-14-8-7-13-19(20)22(25)18-11-5-2-6-12-18/h1-16H,(H,23,24)/b16-15+. The van der Waals surface area contributed by atoms with Crippen LogP contribution in [0.15, 0.2) is 91.0 Å². The maximum Gasteiger partial charge on any atom is 0.248 e. The lowest BCUT2D eigenvalue weighted by Gasteiger charge is -2.09. The van der Waals surface area contributed by atoms with Gasteiger partial charge in [-0.3, -0.25) is 9.59 Å². The second-order valence-electron chi connectivity index (χ2n) is 5.47. The molecule has 0 fully saturated rings. The molecule has 0 saturated carbocycles. The Kier molecular flexibility index (Phi) is 5.17. The van der Waals surface area contributed by atoms with Crippen LogP contribution >= 0.6 is 0 Å². The van der Waals surface area contributed by atoms with Crippen LogP contribution in [0.1, 0.15) is 21.5 Å². The van der Waals surface area contributed by atoms with Gasteiger partial charge in [-0.05, 0) is 23.8 Å². The van der Waals surface area contributed by atoms with Crippen LogP contribution in [0.3, 0.4) is 0 Å². The smallest absolute Gasteiger partial charge is 0.248 e. The number of amides is 1. The zero-order valence-electron chi connectivity index (χ0n) is 13.6. The number of rotatable bonds is 5. The fraction of sp³-hybridized carbons (Fsp3) is 0. The number of carbonyl (C=O) groups excluding carboxylic acids is 2. The minimum Gasteiger partial charge on any atom is -0.322 e. The summed E-state index contributed by atoms with van der Waals surface area (Å²) in [6, 6.07) is 25.6. The number of anilines is 1. The van der Waals surface area contributed by atoms with Crippen LogP contribution in [0.2, 0.25) is 0 Å². The molecule has 3 nitrogen and oxygen atoms in total. The number of carbonyl (C=O) groups is 2. The molecule has 3 aromatic carbocycles. The zero-order chi connectivity index (χ0) is 17.5. The number of benzene rings is 3. The van der Waals surface area contributed by atoms with Gasteiger partial charge in [0, 0.05) is 17.2 Å². The lowest BCUT2D eigenvalue weighted by molar-refractivity contribution is -0.111. The average molecular weight is 327 g/mol. The van der Waals surface area contributed by atoms with E-state index in [-0.39, 0.29) is 11.7 Å². The van der Waals surface area contributed by atoms with Gasteiger partial charge in [-0.15, -0.1) is 0 Å². The Morgan fingerprint density at radius 2 is 1.32 bits per heavy atom. The number of ketones is 1. The van der Waals surface area contributed by atoms with Crippen LogP contribution in [-0.2, 0) is 4.79 Å². The summed E-state index contributed by atoms with van der Waals surface area (Å²) in [5.74, 6) is -0.402. The Labute approximate surface area is 146 Å². The first-order valence-electron chi connectivity index (χ1n) is 7.97. The monoisotopic (exact) mass is 327 g/mol. The summed E-state index contributed by atoms with van der Waals surface area (Å²) in [5.41, 5.74) is 2.49. The van der Waals surface area contributed by atoms with Crippen LogP contribution in [-0.4, -0.2) is 11.7 Å². The van der Waals surface area contributed by atoms with Crippen LogP contribution in [0.25, 0.3) is 6.08 Å². The number of hydrogen-bond acceptors (Lipinski definition) is 2. The van der Waals surface area contributed by atoms with E-state index in [4.69, 9.17) is 0 Å². The number of para-hydroxylation sites is 1. The number of nitrogens with one attached hydrogen (secondary N) is 1. The van der Waals surface area contributed by atoms with Crippen molar-refractivity contribution in [3.05, 3.63) is 108 Å². The summed E-state index contributed by atoms with van der Waals surface area (Å²) in [4.78, 5) is 24.8. The predicted molar refractivity (Wildman–Crippen MR) is 100 cm³/mol. The Balaban J connectivity index is 1.78. The molecule has 25 heavy (non-hydrogen) atoms. The van der Waals surface area contributed by atoms with E-state index in [1.54, 1.807) is 42.5 Å². The van der Waals surface area contributed by atoms with Gasteiger partial charge >= 0.3 is 0 Å². The summed E-state index contributed by atoms with van der Waals surface area (Å²) in [7, 11) is 0. The van der Waals surface area contributed by atoms with Gasteiger partial charge in [-0.25, -0.2) is 0 Å². The van der Waals surface area contributed by atoms with Gasteiger partial charge in [-0.1, -0.05) is 72.8 Å². The second-order valence-corrected chi connectivity index (χ2v) is 5.47. The predicted octanol–water partition coefficient (Wildman–Crippen LogP) is 4.57. The highest BCUT2D eigenvalue weighted by molar-refractivity contribution is 6.14. The van der Waals surface area contributed by atoms with Crippen molar-refractivity contribution in [3.63, 3.8) is 0 Å². The van der Waals surface area contributed by atoms with E-state index in [0.717, 1.165) is 5.56 Å². The highest BCUT2D eigenvalue weighted by atomic mass is 16.1. The normalized spacial score (nSPS) is 10.6.